The Morgan fingerprint density at radius 1 is 0.828 bits per heavy atom. The van der Waals surface area contributed by atoms with Gasteiger partial charge in [0.2, 0.25) is 6.49 Å². The van der Waals surface area contributed by atoms with Crippen LogP contribution in [0.25, 0.3) is 5.69 Å². The number of aryl methyl sites for hydroxylation is 1. The lowest BCUT2D eigenvalue weighted by Gasteiger charge is -2.22. The smallest absolute Gasteiger partial charge is 0.223 e. The van der Waals surface area contributed by atoms with E-state index in [1.54, 1.807) is 0 Å². The van der Waals surface area contributed by atoms with Crippen molar-refractivity contribution in [2.45, 2.75) is 13.8 Å². The van der Waals surface area contributed by atoms with Gasteiger partial charge in [0.05, 0.1) is 35.6 Å². The Balaban J connectivity index is 1.62. The number of hydrogen-bond donors (Lipinski definition) is 0. The van der Waals surface area contributed by atoms with Crippen molar-refractivity contribution in [3.8, 4) is 17.2 Å². The van der Waals surface area contributed by atoms with Crippen LogP contribution in [0.2, 0.25) is 0 Å². The van der Waals surface area contributed by atoms with Gasteiger partial charge in [0.1, 0.15) is 13.2 Å². The summed E-state index contributed by atoms with van der Waals surface area (Å²) in [4.78, 5) is 0. The number of para-hydroxylation sites is 3. The fourth-order valence-corrected chi connectivity index (χ4v) is 6.46. The van der Waals surface area contributed by atoms with Crippen LogP contribution in [0.1, 0.15) is 11.4 Å². The van der Waals surface area contributed by atoms with Crippen molar-refractivity contribution in [1.82, 2.24) is 9.78 Å². The van der Waals surface area contributed by atoms with Gasteiger partial charge in [-0.05, 0) is 49.9 Å². The Bertz CT molecular complexity index is 1000. The third-order valence-corrected chi connectivity index (χ3v) is 8.00. The molecule has 0 amide bonds. The fourth-order valence-electron chi connectivity index (χ4n) is 3.32. The first kappa shape index (κ1) is 20.1. The molecule has 29 heavy (non-hydrogen) atoms. The van der Waals surface area contributed by atoms with Crippen LogP contribution in [0.15, 0.2) is 54.6 Å². The number of nitrogens with zero attached hydrogens (tertiary/aromatic N) is 2. The lowest BCUT2D eigenvalue weighted by atomic mass is 10.3. The molecule has 0 radical (unpaired) electrons. The molecule has 0 spiro atoms. The summed E-state index contributed by atoms with van der Waals surface area (Å²) in [6, 6.07) is 17.5. The van der Waals surface area contributed by atoms with E-state index in [2.05, 4.69) is 0 Å². The largest absolute Gasteiger partial charge is 0.487 e. The standard InChI is InChI=1S/C21H23N2O4PS/c1-16-21(17(2)23(22-16)18-8-4-3-5-9-18)28(29)26-14-12-24-19-10-6-7-11-20(19)25-13-15-27-28/h3-11H,12-15H2,1-2H3. The van der Waals surface area contributed by atoms with Gasteiger partial charge in [0.25, 0.3) is 0 Å². The Kier molecular flexibility index (Phi) is 6.01. The van der Waals surface area contributed by atoms with Gasteiger partial charge in [-0.3, -0.25) is 0 Å². The Morgan fingerprint density at radius 2 is 1.38 bits per heavy atom. The molecule has 2 heterocycles. The highest BCUT2D eigenvalue weighted by Gasteiger charge is 2.31. The van der Waals surface area contributed by atoms with Crippen LogP contribution in [0.4, 0.5) is 0 Å². The summed E-state index contributed by atoms with van der Waals surface area (Å²) in [7, 11) is 0. The molecule has 0 N–H and O–H groups in total. The van der Waals surface area contributed by atoms with Crippen molar-refractivity contribution < 1.29 is 18.5 Å². The van der Waals surface area contributed by atoms with Crippen LogP contribution in [0.5, 0.6) is 11.5 Å². The minimum atomic E-state index is -2.78. The molecule has 3 aromatic rings. The Labute approximate surface area is 175 Å². The second-order valence-electron chi connectivity index (χ2n) is 6.57. The van der Waals surface area contributed by atoms with Crippen LogP contribution in [0.3, 0.4) is 0 Å². The van der Waals surface area contributed by atoms with Gasteiger partial charge >= 0.3 is 0 Å². The average Bonchev–Trinajstić information content (AvgIpc) is 3.02. The number of fused-ring (bicyclic) bond motifs is 1. The van der Waals surface area contributed by atoms with E-state index in [4.69, 9.17) is 35.4 Å². The highest BCUT2D eigenvalue weighted by Crippen LogP contribution is 2.49. The molecular formula is C21H23N2O4PS. The Hall–Kier alpha value is -2.18. The molecule has 0 aliphatic carbocycles. The monoisotopic (exact) mass is 430 g/mol. The van der Waals surface area contributed by atoms with E-state index in [0.29, 0.717) is 37.9 Å². The summed E-state index contributed by atoms with van der Waals surface area (Å²) in [5.41, 5.74) is 2.72. The van der Waals surface area contributed by atoms with E-state index in [1.165, 1.54) is 0 Å². The zero-order chi connectivity index (χ0) is 20.3. The van der Waals surface area contributed by atoms with Gasteiger partial charge in [0.15, 0.2) is 11.5 Å². The zero-order valence-electron chi connectivity index (χ0n) is 16.4. The van der Waals surface area contributed by atoms with Gasteiger partial charge in [0, 0.05) is 0 Å². The molecule has 0 atom stereocenters. The molecular weight excluding hydrogens is 407 g/mol. The highest BCUT2D eigenvalue weighted by atomic mass is 32.5. The SMILES string of the molecule is Cc1nn(-c2ccccc2)c(C)c1P1(=S)OCCOc2ccccc2OCCO1. The van der Waals surface area contributed by atoms with Gasteiger partial charge in [-0.1, -0.05) is 30.3 Å². The van der Waals surface area contributed by atoms with Crippen LogP contribution in [-0.2, 0) is 20.9 Å². The van der Waals surface area contributed by atoms with Crippen molar-refractivity contribution in [1.29, 1.82) is 0 Å². The second-order valence-corrected chi connectivity index (χ2v) is 9.98. The molecule has 0 unspecified atom stereocenters. The number of ether oxygens (including phenoxy) is 2. The quantitative estimate of drug-likeness (QED) is 0.575. The van der Waals surface area contributed by atoms with Gasteiger partial charge < -0.3 is 18.5 Å². The third-order valence-electron chi connectivity index (χ3n) is 4.58. The summed E-state index contributed by atoms with van der Waals surface area (Å²) in [6.45, 7) is 2.50. The fraction of sp³-hybridized carbons (Fsp3) is 0.286. The molecule has 0 saturated heterocycles. The second kappa shape index (κ2) is 8.67. The first-order chi connectivity index (χ1) is 14.1. The molecule has 0 saturated carbocycles. The molecule has 1 aromatic heterocycles. The summed E-state index contributed by atoms with van der Waals surface area (Å²) < 4.78 is 25.8. The van der Waals surface area contributed by atoms with Crippen LogP contribution < -0.4 is 14.8 Å². The van der Waals surface area contributed by atoms with Crippen LogP contribution >= 0.6 is 6.49 Å². The predicted octanol–water partition coefficient (Wildman–Crippen LogP) is 3.93. The van der Waals surface area contributed by atoms with Crippen molar-refractivity contribution >= 4 is 23.6 Å². The van der Waals surface area contributed by atoms with E-state index >= 15 is 0 Å². The van der Waals surface area contributed by atoms with Crippen LogP contribution in [-0.4, -0.2) is 36.2 Å². The topological polar surface area (TPSA) is 54.7 Å². The van der Waals surface area contributed by atoms with E-state index in [9.17, 15) is 0 Å². The van der Waals surface area contributed by atoms with Gasteiger partial charge in [-0.15, -0.1) is 0 Å². The van der Waals surface area contributed by atoms with Crippen LogP contribution in [0, 0.1) is 13.8 Å². The summed E-state index contributed by atoms with van der Waals surface area (Å²) in [5, 5.41) is 5.56. The molecule has 1 aliphatic rings. The maximum atomic E-state index is 6.14. The minimum absolute atomic E-state index is 0.320. The predicted molar refractivity (Wildman–Crippen MR) is 116 cm³/mol. The highest BCUT2D eigenvalue weighted by molar-refractivity contribution is 8.13. The molecule has 2 aromatic carbocycles. The van der Waals surface area contributed by atoms with Crippen molar-refractivity contribution in [3.63, 3.8) is 0 Å². The van der Waals surface area contributed by atoms with E-state index in [1.807, 2.05) is 73.1 Å². The number of hydrogen-bond acceptors (Lipinski definition) is 6. The van der Waals surface area contributed by atoms with E-state index < -0.39 is 6.49 Å². The number of aromatic nitrogens is 2. The average molecular weight is 430 g/mol. The Morgan fingerprint density at radius 3 is 1.97 bits per heavy atom. The summed E-state index contributed by atoms with van der Waals surface area (Å²) in [6.07, 6.45) is 0. The van der Waals surface area contributed by atoms with Gasteiger partial charge in [-0.25, -0.2) is 4.68 Å². The van der Waals surface area contributed by atoms with Crippen molar-refractivity contribution in [2.24, 2.45) is 0 Å². The summed E-state index contributed by atoms with van der Waals surface area (Å²) >= 11 is 5.94. The molecule has 4 rings (SSSR count). The van der Waals surface area contributed by atoms with Crippen molar-refractivity contribution in [3.05, 3.63) is 66.0 Å². The van der Waals surface area contributed by atoms with Crippen molar-refractivity contribution in [2.75, 3.05) is 26.4 Å². The number of benzene rings is 2. The maximum absolute atomic E-state index is 6.14. The molecule has 1 aliphatic heterocycles. The molecule has 0 fully saturated rings. The van der Waals surface area contributed by atoms with E-state index in [-0.39, 0.29) is 0 Å². The first-order valence-corrected chi connectivity index (χ1v) is 12.1. The van der Waals surface area contributed by atoms with Gasteiger partial charge in [-0.2, -0.15) is 5.10 Å². The first-order valence-electron chi connectivity index (χ1n) is 9.44. The molecule has 8 heteroatoms. The molecule has 152 valence electrons. The molecule has 0 bridgehead atoms. The number of rotatable bonds is 2. The lowest BCUT2D eigenvalue weighted by Crippen LogP contribution is -2.18. The molecule has 6 nitrogen and oxygen atoms in total. The lowest BCUT2D eigenvalue weighted by molar-refractivity contribution is 0.197. The zero-order valence-corrected chi connectivity index (χ0v) is 18.1. The maximum Gasteiger partial charge on any atom is 0.223 e. The van der Waals surface area contributed by atoms with E-state index in [0.717, 1.165) is 22.4 Å². The minimum Gasteiger partial charge on any atom is -0.487 e. The summed E-state index contributed by atoms with van der Waals surface area (Å²) in [5.74, 6) is 1.38. The normalized spacial score (nSPS) is 16.8. The third kappa shape index (κ3) is 4.23.